The summed E-state index contributed by atoms with van der Waals surface area (Å²) in [7, 11) is 1.53. The molecule has 1 aliphatic rings. The summed E-state index contributed by atoms with van der Waals surface area (Å²) >= 11 is 0. The van der Waals surface area contributed by atoms with Crippen molar-refractivity contribution in [1.29, 1.82) is 0 Å². The average molecular weight is 185 g/mol. The van der Waals surface area contributed by atoms with Crippen LogP contribution in [0.5, 0.6) is 0 Å². The molecule has 1 amide bonds. The third kappa shape index (κ3) is 1.57. The molecule has 0 aromatic rings. The van der Waals surface area contributed by atoms with Gasteiger partial charge in [-0.25, -0.2) is 0 Å². The van der Waals surface area contributed by atoms with E-state index in [1.807, 2.05) is 0 Å². The third-order valence-electron chi connectivity index (χ3n) is 3.60. The van der Waals surface area contributed by atoms with Crippen LogP contribution in [0.2, 0.25) is 0 Å². The zero-order valence-electron chi connectivity index (χ0n) is 9.10. The first-order chi connectivity index (χ1) is 5.84. The van der Waals surface area contributed by atoms with Gasteiger partial charge in [-0.15, -0.1) is 0 Å². The van der Waals surface area contributed by atoms with Gasteiger partial charge < -0.3 is 10.1 Å². The summed E-state index contributed by atoms with van der Waals surface area (Å²) in [6.45, 7) is 8.84. The number of methoxy groups -OCH3 is 1. The number of hydrogen-bond acceptors (Lipinski definition) is 2. The Labute approximate surface area is 79.8 Å². The molecule has 0 radical (unpaired) electrons. The Hall–Kier alpha value is -0.570. The summed E-state index contributed by atoms with van der Waals surface area (Å²) in [4.78, 5) is 11.2. The highest BCUT2D eigenvalue weighted by Gasteiger charge is 2.65. The molecule has 0 aromatic carbocycles. The second kappa shape index (κ2) is 2.98. The SMILES string of the molecule is COCC(=O)NC1C(C)(C)C1(C)C. The zero-order valence-corrected chi connectivity index (χ0v) is 9.10. The van der Waals surface area contributed by atoms with Gasteiger partial charge >= 0.3 is 0 Å². The molecule has 0 saturated heterocycles. The van der Waals surface area contributed by atoms with Crippen molar-refractivity contribution < 1.29 is 9.53 Å². The minimum atomic E-state index is -0.0221. The number of ether oxygens (including phenoxy) is 1. The van der Waals surface area contributed by atoms with Gasteiger partial charge in [0.05, 0.1) is 0 Å². The normalized spacial score (nSPS) is 24.1. The molecule has 1 saturated carbocycles. The van der Waals surface area contributed by atoms with E-state index < -0.39 is 0 Å². The fourth-order valence-electron chi connectivity index (χ4n) is 1.89. The molecular formula is C10H19NO2. The number of hydrogen-bond donors (Lipinski definition) is 1. The van der Waals surface area contributed by atoms with Gasteiger partial charge in [0.2, 0.25) is 5.91 Å². The topological polar surface area (TPSA) is 38.3 Å². The van der Waals surface area contributed by atoms with Crippen LogP contribution in [0, 0.1) is 10.8 Å². The highest BCUT2D eigenvalue weighted by molar-refractivity contribution is 5.78. The van der Waals surface area contributed by atoms with Crippen molar-refractivity contribution in [3.8, 4) is 0 Å². The minimum absolute atomic E-state index is 0.0221. The lowest BCUT2D eigenvalue weighted by atomic mass is 10.0. The van der Waals surface area contributed by atoms with Crippen LogP contribution < -0.4 is 5.32 Å². The number of carbonyl (C=O) groups is 1. The summed E-state index contributed by atoms with van der Waals surface area (Å²) < 4.78 is 4.76. The van der Waals surface area contributed by atoms with Gasteiger partial charge in [-0.05, 0) is 10.8 Å². The van der Waals surface area contributed by atoms with E-state index in [1.165, 1.54) is 7.11 Å². The lowest BCUT2D eigenvalue weighted by molar-refractivity contribution is -0.125. The summed E-state index contributed by atoms with van der Waals surface area (Å²) in [5, 5.41) is 2.97. The monoisotopic (exact) mass is 185 g/mol. The van der Waals surface area contributed by atoms with Crippen LogP contribution in [0.1, 0.15) is 27.7 Å². The molecule has 0 unspecified atom stereocenters. The van der Waals surface area contributed by atoms with Crippen LogP contribution >= 0.6 is 0 Å². The van der Waals surface area contributed by atoms with Crippen LogP contribution in [0.3, 0.4) is 0 Å². The number of amides is 1. The largest absolute Gasteiger partial charge is 0.375 e. The Morgan fingerprint density at radius 3 is 2.08 bits per heavy atom. The zero-order chi connectivity index (χ0) is 10.3. The van der Waals surface area contributed by atoms with Crippen molar-refractivity contribution >= 4 is 5.91 Å². The van der Waals surface area contributed by atoms with Crippen molar-refractivity contribution in [2.75, 3.05) is 13.7 Å². The van der Waals surface area contributed by atoms with E-state index in [4.69, 9.17) is 4.74 Å². The standard InChI is InChI=1S/C10H19NO2/c1-9(2)8(10(9,3)4)11-7(12)6-13-5/h8H,6H2,1-5H3,(H,11,12). The molecule has 1 N–H and O–H groups in total. The quantitative estimate of drug-likeness (QED) is 0.717. The Balaban J connectivity index is 2.46. The van der Waals surface area contributed by atoms with Crippen molar-refractivity contribution in [2.45, 2.75) is 33.7 Å². The molecule has 0 aromatic heterocycles. The van der Waals surface area contributed by atoms with E-state index in [9.17, 15) is 4.79 Å². The lowest BCUT2D eigenvalue weighted by Crippen LogP contribution is -2.32. The maximum atomic E-state index is 11.2. The fourth-order valence-corrected chi connectivity index (χ4v) is 1.89. The molecule has 3 heteroatoms. The van der Waals surface area contributed by atoms with Gasteiger partial charge in [0.1, 0.15) is 6.61 Å². The Morgan fingerprint density at radius 2 is 1.77 bits per heavy atom. The van der Waals surface area contributed by atoms with E-state index in [2.05, 4.69) is 33.0 Å². The van der Waals surface area contributed by atoms with Gasteiger partial charge in [0.25, 0.3) is 0 Å². The molecule has 0 aliphatic heterocycles. The van der Waals surface area contributed by atoms with Gasteiger partial charge in [-0.1, -0.05) is 27.7 Å². The molecule has 1 rings (SSSR count). The van der Waals surface area contributed by atoms with Crippen LogP contribution in [-0.2, 0) is 9.53 Å². The van der Waals surface area contributed by atoms with Crippen LogP contribution in [0.15, 0.2) is 0 Å². The Kier molecular flexibility index (Phi) is 2.41. The molecule has 13 heavy (non-hydrogen) atoms. The van der Waals surface area contributed by atoms with Crippen molar-refractivity contribution in [3.63, 3.8) is 0 Å². The summed E-state index contributed by atoms with van der Waals surface area (Å²) in [6.07, 6.45) is 0. The predicted molar refractivity (Wildman–Crippen MR) is 51.4 cm³/mol. The highest BCUT2D eigenvalue weighted by atomic mass is 16.5. The molecule has 0 spiro atoms. The maximum Gasteiger partial charge on any atom is 0.246 e. The number of rotatable bonds is 3. The molecular weight excluding hydrogens is 166 g/mol. The smallest absolute Gasteiger partial charge is 0.246 e. The molecule has 0 heterocycles. The summed E-state index contributed by atoms with van der Waals surface area (Å²) in [5.74, 6) is -0.0221. The van der Waals surface area contributed by atoms with Gasteiger partial charge in [-0.2, -0.15) is 0 Å². The minimum Gasteiger partial charge on any atom is -0.375 e. The fraction of sp³-hybridized carbons (Fsp3) is 0.900. The first-order valence-corrected chi connectivity index (χ1v) is 4.62. The Morgan fingerprint density at radius 1 is 1.31 bits per heavy atom. The van der Waals surface area contributed by atoms with Crippen molar-refractivity contribution in [1.82, 2.24) is 5.32 Å². The third-order valence-corrected chi connectivity index (χ3v) is 3.60. The van der Waals surface area contributed by atoms with Gasteiger partial charge in [-0.3, -0.25) is 4.79 Å². The van der Waals surface area contributed by atoms with Crippen molar-refractivity contribution in [3.05, 3.63) is 0 Å². The molecule has 1 fully saturated rings. The predicted octanol–water partition coefficient (Wildman–Crippen LogP) is 1.18. The van der Waals surface area contributed by atoms with Gasteiger partial charge in [0, 0.05) is 13.2 Å². The van der Waals surface area contributed by atoms with E-state index in [0.717, 1.165) is 0 Å². The van der Waals surface area contributed by atoms with E-state index in [-0.39, 0.29) is 29.4 Å². The van der Waals surface area contributed by atoms with Crippen LogP contribution in [0.4, 0.5) is 0 Å². The van der Waals surface area contributed by atoms with Crippen LogP contribution in [-0.4, -0.2) is 25.7 Å². The number of nitrogens with one attached hydrogen (secondary N) is 1. The molecule has 76 valence electrons. The molecule has 3 nitrogen and oxygen atoms in total. The van der Waals surface area contributed by atoms with Crippen molar-refractivity contribution in [2.24, 2.45) is 10.8 Å². The molecule has 1 aliphatic carbocycles. The summed E-state index contributed by atoms with van der Waals surface area (Å²) in [5.41, 5.74) is 0.410. The second-order valence-electron chi connectivity index (χ2n) is 4.88. The first kappa shape index (κ1) is 10.5. The molecule has 0 atom stereocenters. The first-order valence-electron chi connectivity index (χ1n) is 4.62. The van der Waals surface area contributed by atoms with E-state index >= 15 is 0 Å². The van der Waals surface area contributed by atoms with Crippen LogP contribution in [0.25, 0.3) is 0 Å². The second-order valence-corrected chi connectivity index (χ2v) is 4.88. The van der Waals surface area contributed by atoms with Gasteiger partial charge in [0.15, 0.2) is 0 Å². The highest BCUT2D eigenvalue weighted by Crippen LogP contribution is 2.62. The summed E-state index contributed by atoms with van der Waals surface area (Å²) in [6, 6.07) is 0.280. The average Bonchev–Trinajstić information content (AvgIpc) is 2.33. The number of carbonyl (C=O) groups excluding carboxylic acids is 1. The van der Waals surface area contributed by atoms with E-state index in [0.29, 0.717) is 0 Å². The lowest BCUT2D eigenvalue weighted by Gasteiger charge is -2.05. The Bertz CT molecular complexity index is 207. The molecule has 0 bridgehead atoms. The van der Waals surface area contributed by atoms with E-state index in [1.54, 1.807) is 0 Å². The maximum absolute atomic E-state index is 11.2.